The van der Waals surface area contributed by atoms with Gasteiger partial charge in [0.25, 0.3) is 0 Å². The third-order valence-electron chi connectivity index (χ3n) is 7.29. The lowest BCUT2D eigenvalue weighted by atomic mass is 9.48. The van der Waals surface area contributed by atoms with Crippen LogP contribution in [0.15, 0.2) is 24.3 Å². The molecule has 4 aliphatic rings. The van der Waals surface area contributed by atoms with Crippen molar-refractivity contribution in [2.24, 2.45) is 11.8 Å². The Kier molecular flexibility index (Phi) is 3.64. The molecule has 3 unspecified atom stereocenters. The summed E-state index contributed by atoms with van der Waals surface area (Å²) in [6.07, 6.45) is 6.44. The molecule has 1 aromatic carbocycles. The first-order chi connectivity index (χ1) is 11.1. The van der Waals surface area contributed by atoms with E-state index in [4.69, 9.17) is 0 Å². The van der Waals surface area contributed by atoms with Crippen molar-refractivity contribution in [3.8, 4) is 0 Å². The first-order valence-electron chi connectivity index (χ1n) is 9.45. The Morgan fingerprint density at radius 3 is 2.78 bits per heavy atom. The minimum absolute atomic E-state index is 0.283. The second kappa shape index (κ2) is 5.44. The van der Waals surface area contributed by atoms with Gasteiger partial charge in [-0.25, -0.2) is 0 Å². The van der Waals surface area contributed by atoms with Crippen LogP contribution in [0.3, 0.4) is 0 Å². The summed E-state index contributed by atoms with van der Waals surface area (Å²) in [6, 6.07) is 10.2. The van der Waals surface area contributed by atoms with Gasteiger partial charge in [-0.3, -0.25) is 9.69 Å². The van der Waals surface area contributed by atoms with Crippen molar-refractivity contribution in [1.82, 2.24) is 4.90 Å². The molecule has 2 aliphatic carbocycles. The van der Waals surface area contributed by atoms with E-state index in [1.165, 1.54) is 19.3 Å². The summed E-state index contributed by atoms with van der Waals surface area (Å²) < 4.78 is 0. The van der Waals surface area contributed by atoms with Gasteiger partial charge < -0.3 is 0 Å². The number of benzene rings is 1. The van der Waals surface area contributed by atoms with Crippen molar-refractivity contribution in [3.63, 3.8) is 0 Å². The Hall–Kier alpha value is -1.15. The van der Waals surface area contributed by atoms with Crippen molar-refractivity contribution in [2.75, 3.05) is 7.05 Å². The molecule has 3 fully saturated rings. The van der Waals surface area contributed by atoms with Crippen molar-refractivity contribution < 1.29 is 4.79 Å². The predicted molar refractivity (Wildman–Crippen MR) is 93.6 cm³/mol. The van der Waals surface area contributed by atoms with Crippen LogP contribution in [-0.2, 0) is 16.6 Å². The summed E-state index contributed by atoms with van der Waals surface area (Å²) in [5.41, 5.74) is 3.47. The Morgan fingerprint density at radius 2 is 2.04 bits per heavy atom. The van der Waals surface area contributed by atoms with Gasteiger partial charge in [0.15, 0.2) is 0 Å². The number of ketones is 1. The third kappa shape index (κ3) is 2.00. The first kappa shape index (κ1) is 15.4. The molecule has 2 saturated heterocycles. The van der Waals surface area contributed by atoms with Gasteiger partial charge in [0.1, 0.15) is 5.78 Å². The standard InChI is InChI=1S/C21H29NO/c1-4-8-20(23)15-12-17-18-11-14-9-6-7-10-16(14)21(17,5-2)13-19(15)22(18)3/h6-7,9-10,15,17-19H,4-5,8,11-13H2,1-3H3/t15-,17?,18?,19?,21+/m0/s1. The highest BCUT2D eigenvalue weighted by atomic mass is 16.1. The maximum Gasteiger partial charge on any atom is 0.137 e. The fourth-order valence-corrected chi connectivity index (χ4v) is 6.19. The lowest BCUT2D eigenvalue weighted by molar-refractivity contribution is -0.141. The van der Waals surface area contributed by atoms with Gasteiger partial charge >= 0.3 is 0 Å². The Labute approximate surface area is 140 Å². The second-order valence-corrected chi connectivity index (χ2v) is 8.04. The SMILES string of the molecule is CCCC(=O)[C@H]1CC2C3Cc4ccccc4[C@@]2(CC)CC1N3C. The summed E-state index contributed by atoms with van der Waals surface area (Å²) >= 11 is 0. The molecule has 2 nitrogen and oxygen atoms in total. The lowest BCUT2D eigenvalue weighted by Crippen LogP contribution is -2.69. The number of likely N-dealkylation sites (N-methyl/N-ethyl adjacent to an activating group) is 1. The van der Waals surface area contributed by atoms with Gasteiger partial charge in [-0.05, 0) is 56.2 Å². The number of piperidine rings is 2. The molecule has 0 aromatic heterocycles. The zero-order chi connectivity index (χ0) is 16.2. The van der Waals surface area contributed by atoms with Crippen molar-refractivity contribution in [3.05, 3.63) is 35.4 Å². The Bertz CT molecular complexity index is 624. The van der Waals surface area contributed by atoms with Gasteiger partial charge in [0.05, 0.1) is 0 Å². The molecule has 2 heteroatoms. The van der Waals surface area contributed by atoms with Crippen molar-refractivity contribution >= 4 is 5.78 Å². The predicted octanol–water partition coefficient (Wildman–Crippen LogP) is 3.97. The zero-order valence-corrected chi connectivity index (χ0v) is 14.7. The Balaban J connectivity index is 1.76. The molecule has 1 saturated carbocycles. The van der Waals surface area contributed by atoms with E-state index in [0.29, 0.717) is 29.2 Å². The first-order valence-corrected chi connectivity index (χ1v) is 9.45. The fraction of sp³-hybridized carbons (Fsp3) is 0.667. The van der Waals surface area contributed by atoms with E-state index in [9.17, 15) is 4.79 Å². The van der Waals surface area contributed by atoms with Gasteiger partial charge in [-0.2, -0.15) is 0 Å². The molecule has 2 heterocycles. The van der Waals surface area contributed by atoms with E-state index in [2.05, 4.69) is 50.1 Å². The quantitative estimate of drug-likeness (QED) is 0.838. The summed E-state index contributed by atoms with van der Waals surface area (Å²) in [7, 11) is 2.28. The lowest BCUT2D eigenvalue weighted by Gasteiger charge is -2.65. The number of nitrogens with zero attached hydrogens (tertiary/aromatic N) is 1. The van der Waals surface area contributed by atoms with Gasteiger partial charge in [-0.15, -0.1) is 0 Å². The monoisotopic (exact) mass is 311 g/mol. The average Bonchev–Trinajstić information content (AvgIpc) is 2.58. The molecule has 4 bridgehead atoms. The molecule has 2 aliphatic heterocycles. The van der Waals surface area contributed by atoms with Crippen LogP contribution in [0.1, 0.15) is 57.1 Å². The van der Waals surface area contributed by atoms with E-state index in [-0.39, 0.29) is 5.92 Å². The third-order valence-corrected chi connectivity index (χ3v) is 7.29. The highest BCUT2D eigenvalue weighted by molar-refractivity contribution is 5.82. The molecule has 124 valence electrons. The Morgan fingerprint density at radius 1 is 1.26 bits per heavy atom. The number of hydrogen-bond donors (Lipinski definition) is 0. The van der Waals surface area contributed by atoms with Crippen LogP contribution in [0, 0.1) is 11.8 Å². The van der Waals surface area contributed by atoms with Crippen LogP contribution in [-0.4, -0.2) is 29.8 Å². The molecule has 0 radical (unpaired) electrons. The molecular weight excluding hydrogens is 282 g/mol. The van der Waals surface area contributed by atoms with Gasteiger partial charge in [0.2, 0.25) is 0 Å². The molecule has 5 rings (SSSR count). The number of hydrogen-bond acceptors (Lipinski definition) is 2. The van der Waals surface area contributed by atoms with E-state index < -0.39 is 0 Å². The largest absolute Gasteiger partial charge is 0.299 e. The summed E-state index contributed by atoms with van der Waals surface area (Å²) in [6.45, 7) is 4.49. The van der Waals surface area contributed by atoms with E-state index >= 15 is 0 Å². The maximum absolute atomic E-state index is 12.7. The number of carbonyl (C=O) groups excluding carboxylic acids is 1. The summed E-state index contributed by atoms with van der Waals surface area (Å²) in [5.74, 6) is 1.46. The maximum atomic E-state index is 12.7. The van der Waals surface area contributed by atoms with E-state index in [1.54, 1.807) is 11.1 Å². The second-order valence-electron chi connectivity index (χ2n) is 8.04. The topological polar surface area (TPSA) is 20.3 Å². The van der Waals surface area contributed by atoms with Crippen LogP contribution in [0.25, 0.3) is 0 Å². The molecular formula is C21H29NO. The summed E-state index contributed by atoms with van der Waals surface area (Å²) in [5, 5.41) is 0. The molecule has 5 atom stereocenters. The highest BCUT2D eigenvalue weighted by Gasteiger charge is 2.60. The van der Waals surface area contributed by atoms with Crippen LogP contribution in [0.5, 0.6) is 0 Å². The zero-order valence-electron chi connectivity index (χ0n) is 14.7. The number of fused-ring (bicyclic) bond motifs is 2. The van der Waals surface area contributed by atoms with Crippen LogP contribution in [0.4, 0.5) is 0 Å². The molecule has 1 aromatic rings. The van der Waals surface area contributed by atoms with E-state index in [0.717, 1.165) is 19.3 Å². The van der Waals surface area contributed by atoms with Crippen LogP contribution < -0.4 is 0 Å². The molecule has 0 amide bonds. The average molecular weight is 311 g/mol. The molecule has 23 heavy (non-hydrogen) atoms. The fourth-order valence-electron chi connectivity index (χ4n) is 6.19. The summed E-state index contributed by atoms with van der Waals surface area (Å²) in [4.78, 5) is 15.2. The van der Waals surface area contributed by atoms with E-state index in [1.807, 2.05) is 0 Å². The molecule has 0 spiro atoms. The minimum Gasteiger partial charge on any atom is -0.299 e. The van der Waals surface area contributed by atoms with Crippen LogP contribution >= 0.6 is 0 Å². The van der Waals surface area contributed by atoms with Crippen molar-refractivity contribution in [2.45, 2.75) is 69.9 Å². The number of carbonyl (C=O) groups is 1. The normalized spacial score (nSPS) is 38.4. The van der Waals surface area contributed by atoms with Gasteiger partial charge in [0, 0.05) is 29.8 Å². The van der Waals surface area contributed by atoms with Crippen LogP contribution in [0.2, 0.25) is 0 Å². The molecule has 0 N–H and O–H groups in total. The number of rotatable bonds is 4. The minimum atomic E-state index is 0.283. The highest BCUT2D eigenvalue weighted by Crippen LogP contribution is 2.59. The van der Waals surface area contributed by atoms with Gasteiger partial charge in [-0.1, -0.05) is 38.1 Å². The number of Topliss-reactive ketones (excluding diaryl/α,β-unsaturated/α-hetero) is 1. The smallest absolute Gasteiger partial charge is 0.137 e. The van der Waals surface area contributed by atoms with Crippen molar-refractivity contribution in [1.29, 1.82) is 0 Å².